The molecule has 2 rings (SSSR count). The number of sulfonamides is 1. The maximum Gasteiger partial charge on any atom is 0.328 e. The van der Waals surface area contributed by atoms with Crippen LogP contribution in [0.25, 0.3) is 6.08 Å². The molecule has 0 fully saturated rings. The lowest BCUT2D eigenvalue weighted by Crippen LogP contribution is -2.41. The highest BCUT2D eigenvalue weighted by Crippen LogP contribution is 2.30. The molecule has 2 aromatic carbocycles. The van der Waals surface area contributed by atoms with Gasteiger partial charge in [-0.2, -0.15) is 4.99 Å². The summed E-state index contributed by atoms with van der Waals surface area (Å²) in [4.78, 5) is 28.4. The van der Waals surface area contributed by atoms with Gasteiger partial charge in [-0.1, -0.05) is 0 Å². The SMILES string of the molecule is C/C(=C\c1cc(F)c(Oc2ccc(S(=O)(=O)NC(=O)NCCN(C)C)cc2)c(F)c1)C(=O)N=C(N)N. The number of ether oxygens (including phenoxy) is 1. The van der Waals surface area contributed by atoms with Gasteiger partial charge >= 0.3 is 6.03 Å². The van der Waals surface area contributed by atoms with E-state index in [2.05, 4.69) is 10.3 Å². The Bertz CT molecular complexity index is 1270. The van der Waals surface area contributed by atoms with Crippen molar-refractivity contribution in [3.05, 3.63) is 59.2 Å². The summed E-state index contributed by atoms with van der Waals surface area (Å²) >= 11 is 0. The van der Waals surface area contributed by atoms with Crippen LogP contribution in [0.2, 0.25) is 0 Å². The molecule has 0 aliphatic heterocycles. The number of rotatable bonds is 9. The maximum absolute atomic E-state index is 14.5. The van der Waals surface area contributed by atoms with Crippen LogP contribution in [-0.4, -0.2) is 58.4 Å². The number of hydrogen-bond donors (Lipinski definition) is 4. The minimum atomic E-state index is -4.19. The molecular formula is C22H26F2N6O5S. The molecule has 0 radical (unpaired) electrons. The first-order valence-corrected chi connectivity index (χ1v) is 11.8. The Kier molecular flexibility index (Phi) is 9.46. The standard InChI is InChI=1S/C22H26F2N6O5S/c1-13(20(31)28-21(25)26)10-14-11-17(23)19(18(24)12-14)35-15-4-6-16(7-5-15)36(33,34)29-22(32)27-8-9-30(2)3/h4-7,10-12H,8-9H2,1-3H3,(H2,27,29,32)(H4,25,26,28,31)/b13-10+. The van der Waals surface area contributed by atoms with Crippen LogP contribution < -0.4 is 26.2 Å². The van der Waals surface area contributed by atoms with Crippen LogP contribution in [0.5, 0.6) is 11.5 Å². The first-order chi connectivity index (χ1) is 16.8. The first kappa shape index (κ1) is 28.2. The molecule has 0 heterocycles. The van der Waals surface area contributed by atoms with Crippen LogP contribution in [-0.2, 0) is 14.8 Å². The second-order valence-electron chi connectivity index (χ2n) is 7.72. The molecule has 0 spiro atoms. The van der Waals surface area contributed by atoms with Crippen molar-refractivity contribution in [3.8, 4) is 11.5 Å². The van der Waals surface area contributed by atoms with E-state index in [0.717, 1.165) is 24.3 Å². The largest absolute Gasteiger partial charge is 0.451 e. The van der Waals surface area contributed by atoms with Gasteiger partial charge in [-0.3, -0.25) is 4.79 Å². The molecular weight excluding hydrogens is 498 g/mol. The zero-order valence-corrected chi connectivity index (χ0v) is 20.5. The van der Waals surface area contributed by atoms with E-state index in [1.165, 1.54) is 25.1 Å². The lowest BCUT2D eigenvalue weighted by molar-refractivity contribution is -0.114. The molecule has 0 aromatic heterocycles. The molecule has 0 bridgehead atoms. The van der Waals surface area contributed by atoms with Crippen LogP contribution in [0.1, 0.15) is 12.5 Å². The molecule has 0 aliphatic rings. The highest BCUT2D eigenvalue weighted by Gasteiger charge is 2.19. The fraction of sp³-hybridized carbons (Fsp3) is 0.227. The Hall–Kier alpha value is -4.04. The van der Waals surface area contributed by atoms with E-state index in [1.54, 1.807) is 19.0 Å². The molecule has 6 N–H and O–H groups in total. The van der Waals surface area contributed by atoms with Gasteiger partial charge in [-0.25, -0.2) is 26.7 Å². The van der Waals surface area contributed by atoms with E-state index in [1.807, 2.05) is 4.72 Å². The smallest absolute Gasteiger partial charge is 0.328 e. The molecule has 3 amide bonds. The number of urea groups is 1. The minimum absolute atomic E-state index is 0.0189. The summed E-state index contributed by atoms with van der Waals surface area (Å²) in [6, 6.07) is 5.52. The van der Waals surface area contributed by atoms with E-state index >= 15 is 0 Å². The predicted molar refractivity (Wildman–Crippen MR) is 130 cm³/mol. The zero-order chi connectivity index (χ0) is 27.0. The first-order valence-electron chi connectivity index (χ1n) is 10.3. The molecule has 0 saturated heterocycles. The minimum Gasteiger partial charge on any atom is -0.451 e. The number of guanidine groups is 1. The van der Waals surface area contributed by atoms with Gasteiger partial charge in [-0.05, 0) is 69.1 Å². The van der Waals surface area contributed by atoms with Gasteiger partial charge < -0.3 is 26.4 Å². The van der Waals surface area contributed by atoms with Crippen LogP contribution in [0, 0.1) is 11.6 Å². The highest BCUT2D eigenvalue weighted by molar-refractivity contribution is 7.90. The Balaban J connectivity index is 2.13. The second-order valence-corrected chi connectivity index (χ2v) is 9.40. The van der Waals surface area contributed by atoms with Gasteiger partial charge in [0, 0.05) is 18.7 Å². The summed E-state index contributed by atoms with van der Waals surface area (Å²) in [6.07, 6.45) is 1.19. The van der Waals surface area contributed by atoms with E-state index in [0.29, 0.717) is 6.54 Å². The van der Waals surface area contributed by atoms with Gasteiger partial charge in [0.1, 0.15) is 5.75 Å². The van der Waals surface area contributed by atoms with Gasteiger partial charge in [0.15, 0.2) is 23.3 Å². The van der Waals surface area contributed by atoms with Crippen LogP contribution in [0.4, 0.5) is 13.6 Å². The summed E-state index contributed by atoms with van der Waals surface area (Å²) in [6.45, 7) is 2.12. The third-order valence-electron chi connectivity index (χ3n) is 4.40. The van der Waals surface area contributed by atoms with Crippen LogP contribution >= 0.6 is 0 Å². The molecule has 194 valence electrons. The topological polar surface area (TPSA) is 169 Å². The lowest BCUT2D eigenvalue weighted by Gasteiger charge is -2.12. The van der Waals surface area contributed by atoms with Crippen molar-refractivity contribution in [1.82, 2.24) is 14.9 Å². The maximum atomic E-state index is 14.5. The number of nitrogens with zero attached hydrogens (tertiary/aromatic N) is 2. The number of nitrogens with one attached hydrogen (secondary N) is 2. The van der Waals surface area contributed by atoms with E-state index in [9.17, 15) is 26.8 Å². The fourth-order valence-corrected chi connectivity index (χ4v) is 3.62. The van der Waals surface area contributed by atoms with Crippen LogP contribution in [0.15, 0.2) is 51.9 Å². The normalized spacial score (nSPS) is 11.7. The van der Waals surface area contributed by atoms with E-state index < -0.39 is 45.3 Å². The van der Waals surface area contributed by atoms with E-state index in [-0.39, 0.29) is 28.3 Å². The van der Waals surface area contributed by atoms with E-state index in [4.69, 9.17) is 16.2 Å². The molecule has 36 heavy (non-hydrogen) atoms. The molecule has 0 aliphatic carbocycles. The number of amides is 3. The molecule has 11 nitrogen and oxygen atoms in total. The summed E-state index contributed by atoms with van der Waals surface area (Å²) in [5.41, 5.74) is 10.3. The van der Waals surface area contributed by atoms with Crippen molar-refractivity contribution in [1.29, 1.82) is 0 Å². The third kappa shape index (κ3) is 8.32. The van der Waals surface area contributed by atoms with Gasteiger partial charge in [0.25, 0.3) is 15.9 Å². The van der Waals surface area contributed by atoms with Crippen molar-refractivity contribution in [3.63, 3.8) is 0 Å². The predicted octanol–water partition coefficient (Wildman–Crippen LogP) is 1.51. The number of nitrogens with two attached hydrogens (primary N) is 2. The number of carbonyl (C=O) groups is 2. The van der Waals surface area contributed by atoms with Crippen molar-refractivity contribution in [2.45, 2.75) is 11.8 Å². The molecule has 2 aromatic rings. The number of hydrogen-bond acceptors (Lipinski definition) is 6. The van der Waals surface area contributed by atoms with Gasteiger partial charge in [0.05, 0.1) is 4.90 Å². The number of benzene rings is 2. The summed E-state index contributed by atoms with van der Waals surface area (Å²) < 4.78 is 60.9. The Morgan fingerprint density at radius 1 is 1.11 bits per heavy atom. The average Bonchev–Trinajstić information content (AvgIpc) is 2.75. The molecule has 0 unspecified atom stereocenters. The Morgan fingerprint density at radius 2 is 1.69 bits per heavy atom. The third-order valence-corrected chi connectivity index (χ3v) is 5.74. The quantitative estimate of drug-likeness (QED) is 0.217. The molecule has 14 heteroatoms. The molecule has 0 atom stereocenters. The number of halogens is 2. The van der Waals surface area contributed by atoms with Crippen LogP contribution in [0.3, 0.4) is 0 Å². The number of aliphatic imine (C=N–C) groups is 1. The second kappa shape index (κ2) is 12.1. The number of carbonyl (C=O) groups excluding carboxylic acids is 2. The summed E-state index contributed by atoms with van der Waals surface area (Å²) in [7, 11) is -0.596. The Morgan fingerprint density at radius 3 is 2.22 bits per heavy atom. The van der Waals surface area contributed by atoms with Gasteiger partial charge in [-0.15, -0.1) is 0 Å². The fourth-order valence-electron chi connectivity index (χ4n) is 2.69. The zero-order valence-electron chi connectivity index (χ0n) is 19.7. The van der Waals surface area contributed by atoms with Crippen molar-refractivity contribution in [2.24, 2.45) is 16.5 Å². The molecule has 0 saturated carbocycles. The van der Waals surface area contributed by atoms with Gasteiger partial charge in [0.2, 0.25) is 0 Å². The summed E-state index contributed by atoms with van der Waals surface area (Å²) in [5, 5.41) is 2.41. The highest BCUT2D eigenvalue weighted by atomic mass is 32.2. The van der Waals surface area contributed by atoms with Crippen molar-refractivity contribution in [2.75, 3.05) is 27.2 Å². The summed E-state index contributed by atoms with van der Waals surface area (Å²) in [5.74, 6) is -4.18. The van der Waals surface area contributed by atoms with Crippen molar-refractivity contribution >= 4 is 34.0 Å². The Labute approximate surface area is 206 Å². The number of likely N-dealkylation sites (N-methyl/N-ethyl adjacent to an activating group) is 1. The van der Waals surface area contributed by atoms with Crippen molar-refractivity contribution < 1.29 is 31.5 Å². The lowest BCUT2D eigenvalue weighted by atomic mass is 10.1. The average molecular weight is 525 g/mol. The monoisotopic (exact) mass is 524 g/mol.